The average molecular weight is 419 g/mol. The topological polar surface area (TPSA) is 93.1 Å². The number of anilines is 1. The van der Waals surface area contributed by atoms with Crippen LogP contribution in [0.15, 0.2) is 43.0 Å². The molecule has 2 aromatic rings. The number of carbonyl (C=O) groups is 1. The molecule has 0 aliphatic rings. The first-order valence-electron chi connectivity index (χ1n) is 9.52. The molecule has 0 atom stereocenters. The highest BCUT2D eigenvalue weighted by Crippen LogP contribution is 2.24. The number of hydrogen-bond donors (Lipinski definition) is 2. The van der Waals surface area contributed by atoms with Crippen LogP contribution < -0.4 is 10.0 Å². The molecule has 7 nitrogen and oxygen atoms in total. The van der Waals surface area contributed by atoms with Crippen molar-refractivity contribution in [3.63, 3.8) is 0 Å². The van der Waals surface area contributed by atoms with E-state index in [-0.39, 0.29) is 29.7 Å². The van der Waals surface area contributed by atoms with Crippen molar-refractivity contribution in [3.05, 3.63) is 59.9 Å². The number of rotatable bonds is 8. The Labute approximate surface area is 173 Å². The lowest BCUT2D eigenvalue weighted by atomic mass is 10.1. The van der Waals surface area contributed by atoms with Crippen LogP contribution in [0.2, 0.25) is 0 Å². The van der Waals surface area contributed by atoms with Gasteiger partial charge in [0.15, 0.2) is 5.69 Å². The molecule has 29 heavy (non-hydrogen) atoms. The molecule has 1 aromatic heterocycles. The highest BCUT2D eigenvalue weighted by molar-refractivity contribution is 7.88. The zero-order valence-corrected chi connectivity index (χ0v) is 18.5. The number of nitrogens with zero attached hydrogens (tertiary/aromatic N) is 2. The fourth-order valence-electron chi connectivity index (χ4n) is 2.79. The summed E-state index contributed by atoms with van der Waals surface area (Å²) in [5.74, 6) is -0.204. The Kier molecular flexibility index (Phi) is 7.02. The van der Waals surface area contributed by atoms with Crippen molar-refractivity contribution in [3.8, 4) is 0 Å². The van der Waals surface area contributed by atoms with Gasteiger partial charge in [-0.05, 0) is 50.5 Å². The molecule has 1 amide bonds. The molecule has 1 aromatic carbocycles. The number of carbonyl (C=O) groups excluding carboxylic acids is 1. The Bertz CT molecular complexity index is 968. The van der Waals surface area contributed by atoms with Crippen molar-refractivity contribution in [1.29, 1.82) is 0 Å². The van der Waals surface area contributed by atoms with E-state index >= 15 is 0 Å². The normalized spacial score (nSPS) is 12.2. The van der Waals surface area contributed by atoms with Gasteiger partial charge in [0.25, 0.3) is 5.91 Å². The van der Waals surface area contributed by atoms with Gasteiger partial charge < -0.3 is 5.32 Å². The summed E-state index contributed by atoms with van der Waals surface area (Å²) in [6, 6.07) is 8.53. The minimum atomic E-state index is -3.42. The molecule has 0 bridgehead atoms. The second-order valence-corrected chi connectivity index (χ2v) is 10.0. The predicted octanol–water partition coefficient (Wildman–Crippen LogP) is 3.62. The summed E-state index contributed by atoms with van der Waals surface area (Å²) in [6.45, 7) is 14.0. The lowest BCUT2D eigenvalue weighted by Gasteiger charge is -2.23. The van der Waals surface area contributed by atoms with Crippen molar-refractivity contribution < 1.29 is 13.2 Å². The van der Waals surface area contributed by atoms with E-state index in [0.717, 1.165) is 5.69 Å². The molecule has 2 rings (SSSR count). The Balaban J connectivity index is 2.13. The van der Waals surface area contributed by atoms with E-state index in [1.54, 1.807) is 24.3 Å². The van der Waals surface area contributed by atoms with Crippen LogP contribution in [0.25, 0.3) is 0 Å². The fraction of sp³-hybridized carbons (Fsp3) is 0.429. The van der Waals surface area contributed by atoms with Crippen LogP contribution >= 0.6 is 0 Å². The first kappa shape index (κ1) is 22.8. The van der Waals surface area contributed by atoms with Crippen LogP contribution in [0.1, 0.15) is 62.3 Å². The second-order valence-electron chi connectivity index (χ2n) is 8.24. The predicted molar refractivity (Wildman–Crippen MR) is 117 cm³/mol. The number of sulfonamides is 1. The van der Waals surface area contributed by atoms with E-state index in [9.17, 15) is 13.2 Å². The van der Waals surface area contributed by atoms with Gasteiger partial charge in [0.1, 0.15) is 0 Å². The van der Waals surface area contributed by atoms with Crippen LogP contribution in [-0.2, 0) is 21.3 Å². The zero-order chi connectivity index (χ0) is 21.8. The maximum absolute atomic E-state index is 12.7. The standard InChI is InChI=1S/C21H30N4O3S/c1-7-12-22-29(27,28)14-16-8-10-17(11-9-16)23-20(26)18-13-19(15(2)3)25(24-18)21(4,5)6/h7-11,13,15,22H,1,12,14H2,2-6H3,(H,23,26). The number of benzene rings is 1. The summed E-state index contributed by atoms with van der Waals surface area (Å²) >= 11 is 0. The van der Waals surface area contributed by atoms with Crippen LogP contribution in [-0.4, -0.2) is 30.7 Å². The number of nitrogens with one attached hydrogen (secondary N) is 2. The molecule has 0 saturated heterocycles. The van der Waals surface area contributed by atoms with Crippen LogP contribution in [0.4, 0.5) is 5.69 Å². The highest BCUT2D eigenvalue weighted by Gasteiger charge is 2.23. The monoisotopic (exact) mass is 418 g/mol. The molecule has 0 unspecified atom stereocenters. The van der Waals surface area contributed by atoms with Gasteiger partial charge in [-0.2, -0.15) is 5.10 Å². The Morgan fingerprint density at radius 1 is 1.24 bits per heavy atom. The van der Waals surface area contributed by atoms with Crippen LogP contribution in [0.3, 0.4) is 0 Å². The van der Waals surface area contributed by atoms with Gasteiger partial charge in [0.05, 0.1) is 11.3 Å². The van der Waals surface area contributed by atoms with E-state index in [0.29, 0.717) is 16.9 Å². The molecule has 158 valence electrons. The summed E-state index contributed by atoms with van der Waals surface area (Å²) in [7, 11) is -3.42. The van der Waals surface area contributed by atoms with Gasteiger partial charge in [0, 0.05) is 17.9 Å². The average Bonchev–Trinajstić information content (AvgIpc) is 3.08. The van der Waals surface area contributed by atoms with Crippen molar-refractivity contribution in [2.24, 2.45) is 0 Å². The second kappa shape index (κ2) is 8.92. The molecule has 0 aliphatic carbocycles. The molecule has 8 heteroatoms. The van der Waals surface area contributed by atoms with Crippen LogP contribution in [0.5, 0.6) is 0 Å². The van der Waals surface area contributed by atoms with Crippen molar-refractivity contribution >= 4 is 21.6 Å². The largest absolute Gasteiger partial charge is 0.321 e. The summed E-state index contributed by atoms with van der Waals surface area (Å²) in [6.07, 6.45) is 1.49. The van der Waals surface area contributed by atoms with Crippen molar-refractivity contribution in [2.75, 3.05) is 11.9 Å². The lowest BCUT2D eigenvalue weighted by Crippen LogP contribution is -2.26. The molecule has 0 aliphatic heterocycles. The first-order chi connectivity index (χ1) is 13.4. The van der Waals surface area contributed by atoms with E-state index < -0.39 is 10.0 Å². The third-order valence-corrected chi connectivity index (χ3v) is 5.53. The quantitative estimate of drug-likeness (QED) is 0.640. The molecular weight excluding hydrogens is 388 g/mol. The Morgan fingerprint density at radius 3 is 2.34 bits per heavy atom. The van der Waals surface area contributed by atoms with E-state index in [1.165, 1.54) is 6.08 Å². The molecule has 2 N–H and O–H groups in total. The summed E-state index contributed by atoms with van der Waals surface area (Å²) in [5, 5.41) is 7.32. The number of amides is 1. The molecule has 0 radical (unpaired) electrons. The highest BCUT2D eigenvalue weighted by atomic mass is 32.2. The van der Waals surface area contributed by atoms with Gasteiger partial charge in [-0.25, -0.2) is 13.1 Å². The van der Waals surface area contributed by atoms with Crippen molar-refractivity contribution in [1.82, 2.24) is 14.5 Å². The fourth-order valence-corrected chi connectivity index (χ4v) is 3.90. The molecular formula is C21H30N4O3S. The number of aromatic nitrogens is 2. The molecule has 0 spiro atoms. The third-order valence-electron chi connectivity index (χ3n) is 4.21. The van der Waals surface area contributed by atoms with Gasteiger partial charge in [-0.3, -0.25) is 9.48 Å². The summed E-state index contributed by atoms with van der Waals surface area (Å²) in [4.78, 5) is 12.7. The van der Waals surface area contributed by atoms with Gasteiger partial charge >= 0.3 is 0 Å². The number of hydrogen-bond acceptors (Lipinski definition) is 4. The van der Waals surface area contributed by atoms with Crippen molar-refractivity contribution in [2.45, 2.75) is 51.8 Å². The zero-order valence-electron chi connectivity index (χ0n) is 17.7. The molecule has 1 heterocycles. The van der Waals surface area contributed by atoms with Gasteiger partial charge in [-0.15, -0.1) is 6.58 Å². The smallest absolute Gasteiger partial charge is 0.276 e. The minimum Gasteiger partial charge on any atom is -0.321 e. The maximum atomic E-state index is 12.7. The van der Waals surface area contributed by atoms with E-state index in [2.05, 4.69) is 35.6 Å². The Hall–Kier alpha value is -2.45. The first-order valence-corrected chi connectivity index (χ1v) is 11.2. The van der Waals surface area contributed by atoms with E-state index in [4.69, 9.17) is 0 Å². The van der Waals surface area contributed by atoms with Gasteiger partial charge in [-0.1, -0.05) is 32.1 Å². The molecule has 0 saturated carbocycles. The molecule has 0 fully saturated rings. The SMILES string of the molecule is C=CCNS(=O)(=O)Cc1ccc(NC(=O)c2cc(C(C)C)n(C(C)(C)C)n2)cc1. The van der Waals surface area contributed by atoms with Gasteiger partial charge in [0.2, 0.25) is 10.0 Å². The third kappa shape index (κ3) is 6.27. The minimum absolute atomic E-state index is 0.136. The van der Waals surface area contributed by atoms with E-state index in [1.807, 2.05) is 31.5 Å². The summed E-state index contributed by atoms with van der Waals surface area (Å²) < 4.78 is 28.2. The lowest BCUT2D eigenvalue weighted by molar-refractivity contribution is 0.102. The Morgan fingerprint density at radius 2 is 1.86 bits per heavy atom. The summed E-state index contributed by atoms with van der Waals surface area (Å²) in [5.41, 5.74) is 2.31. The van der Waals surface area contributed by atoms with Crippen LogP contribution in [0, 0.1) is 0 Å². The maximum Gasteiger partial charge on any atom is 0.276 e.